The van der Waals surface area contributed by atoms with Gasteiger partial charge in [-0.05, 0) is 55.3 Å². The molecule has 0 aliphatic heterocycles. The zero-order valence-electron chi connectivity index (χ0n) is 13.0. The van der Waals surface area contributed by atoms with Crippen molar-refractivity contribution in [3.05, 3.63) is 78.1 Å². The van der Waals surface area contributed by atoms with Crippen LogP contribution >= 0.6 is 0 Å². The van der Waals surface area contributed by atoms with E-state index in [0.717, 1.165) is 13.0 Å². The first-order chi connectivity index (χ1) is 10.9. The molecule has 1 aliphatic carbocycles. The Hall–Kier alpha value is -1.93. The molecule has 0 spiro atoms. The smallest absolute Gasteiger partial charge is 0.0399 e. The number of nitrogens with one attached hydrogen (secondary N) is 1. The lowest BCUT2D eigenvalue weighted by Gasteiger charge is -2.28. The molecule has 0 radical (unpaired) electrons. The van der Waals surface area contributed by atoms with Crippen LogP contribution in [0.4, 0.5) is 0 Å². The van der Waals surface area contributed by atoms with Crippen LogP contribution < -0.4 is 5.32 Å². The maximum Gasteiger partial charge on any atom is 0.0399 e. The van der Waals surface area contributed by atoms with E-state index in [0.29, 0.717) is 12.0 Å². The summed E-state index contributed by atoms with van der Waals surface area (Å²) >= 11 is 0. The summed E-state index contributed by atoms with van der Waals surface area (Å²) in [4.78, 5) is 4.30. The van der Waals surface area contributed by atoms with Crippen molar-refractivity contribution in [2.75, 3.05) is 6.54 Å². The van der Waals surface area contributed by atoms with Crippen LogP contribution in [-0.2, 0) is 6.42 Å². The summed E-state index contributed by atoms with van der Waals surface area (Å²) in [6, 6.07) is 15.3. The largest absolute Gasteiger partial charge is 0.309 e. The second-order valence-electron chi connectivity index (χ2n) is 5.98. The van der Waals surface area contributed by atoms with Crippen LogP contribution in [0.5, 0.6) is 0 Å². The predicted molar refractivity (Wildman–Crippen MR) is 91.6 cm³/mol. The lowest BCUT2D eigenvalue weighted by Crippen LogP contribution is -2.30. The Kier molecular flexibility index (Phi) is 5.38. The zero-order valence-corrected chi connectivity index (χ0v) is 13.0. The van der Waals surface area contributed by atoms with E-state index in [-0.39, 0.29) is 0 Å². The van der Waals surface area contributed by atoms with Crippen LogP contribution in [0.2, 0.25) is 0 Å². The molecule has 0 amide bonds. The van der Waals surface area contributed by atoms with Crippen LogP contribution in [0.15, 0.2) is 67.0 Å². The van der Waals surface area contributed by atoms with Crippen molar-refractivity contribution in [2.45, 2.75) is 31.7 Å². The Balaban J connectivity index is 1.66. The summed E-state index contributed by atoms with van der Waals surface area (Å²) in [6.45, 7) is 0.994. The predicted octanol–water partition coefficient (Wildman–Crippen LogP) is 4.31. The number of nitrogens with zero attached hydrogens (tertiary/aromatic N) is 1. The van der Waals surface area contributed by atoms with Crippen LogP contribution in [0, 0.1) is 5.92 Å². The van der Waals surface area contributed by atoms with E-state index in [1.165, 1.54) is 30.4 Å². The molecule has 0 fully saturated rings. The van der Waals surface area contributed by atoms with Crippen molar-refractivity contribution in [1.82, 2.24) is 10.3 Å². The number of hydrogen-bond acceptors (Lipinski definition) is 2. The topological polar surface area (TPSA) is 24.9 Å². The van der Waals surface area contributed by atoms with E-state index < -0.39 is 0 Å². The Bertz CT molecular complexity index is 577. The molecular formula is C20H24N2. The van der Waals surface area contributed by atoms with Gasteiger partial charge in [-0.1, -0.05) is 48.6 Å². The number of aromatic nitrogens is 1. The maximum atomic E-state index is 4.30. The Morgan fingerprint density at radius 1 is 1.14 bits per heavy atom. The van der Waals surface area contributed by atoms with Crippen LogP contribution in [0.25, 0.3) is 0 Å². The molecule has 22 heavy (non-hydrogen) atoms. The molecule has 2 unspecified atom stereocenters. The normalized spacial score (nSPS) is 19.0. The highest BCUT2D eigenvalue weighted by Crippen LogP contribution is 2.30. The average Bonchev–Trinajstić information content (AvgIpc) is 2.61. The van der Waals surface area contributed by atoms with Gasteiger partial charge in [0, 0.05) is 18.4 Å². The third kappa shape index (κ3) is 4.05. The summed E-state index contributed by atoms with van der Waals surface area (Å²) in [6.07, 6.45) is 13.4. The third-order valence-corrected chi connectivity index (χ3v) is 4.38. The van der Waals surface area contributed by atoms with E-state index >= 15 is 0 Å². The van der Waals surface area contributed by atoms with Gasteiger partial charge in [0.15, 0.2) is 0 Å². The quantitative estimate of drug-likeness (QED) is 0.802. The van der Waals surface area contributed by atoms with Gasteiger partial charge in [-0.15, -0.1) is 0 Å². The molecule has 3 rings (SSSR count). The second-order valence-corrected chi connectivity index (χ2v) is 5.98. The van der Waals surface area contributed by atoms with Gasteiger partial charge in [0.25, 0.3) is 0 Å². The molecular weight excluding hydrogens is 268 g/mol. The van der Waals surface area contributed by atoms with Crippen LogP contribution in [-0.4, -0.2) is 11.5 Å². The zero-order chi connectivity index (χ0) is 15.0. The van der Waals surface area contributed by atoms with E-state index in [1.54, 1.807) is 0 Å². The first-order valence-electron chi connectivity index (χ1n) is 8.27. The van der Waals surface area contributed by atoms with E-state index in [1.807, 2.05) is 18.5 Å². The van der Waals surface area contributed by atoms with Gasteiger partial charge in [-0.25, -0.2) is 0 Å². The highest BCUT2D eigenvalue weighted by molar-refractivity contribution is 5.19. The Morgan fingerprint density at radius 3 is 2.77 bits per heavy atom. The van der Waals surface area contributed by atoms with Gasteiger partial charge in [-0.3, -0.25) is 4.98 Å². The van der Waals surface area contributed by atoms with Gasteiger partial charge in [0.1, 0.15) is 0 Å². The summed E-state index contributed by atoms with van der Waals surface area (Å²) in [5, 5.41) is 3.76. The lowest BCUT2D eigenvalue weighted by molar-refractivity contribution is 0.384. The number of allylic oxidation sites excluding steroid dienone is 1. The molecule has 2 heteroatoms. The van der Waals surface area contributed by atoms with Crippen molar-refractivity contribution in [3.63, 3.8) is 0 Å². The fourth-order valence-corrected chi connectivity index (χ4v) is 3.21. The van der Waals surface area contributed by atoms with Gasteiger partial charge in [-0.2, -0.15) is 0 Å². The number of benzene rings is 1. The minimum atomic E-state index is 0.369. The molecule has 0 bridgehead atoms. The van der Waals surface area contributed by atoms with Crippen molar-refractivity contribution < 1.29 is 0 Å². The third-order valence-electron chi connectivity index (χ3n) is 4.38. The maximum absolute atomic E-state index is 4.30. The monoisotopic (exact) mass is 292 g/mol. The Morgan fingerprint density at radius 2 is 2.05 bits per heavy atom. The van der Waals surface area contributed by atoms with Gasteiger partial charge in [0.05, 0.1) is 0 Å². The van der Waals surface area contributed by atoms with Crippen molar-refractivity contribution in [3.8, 4) is 0 Å². The number of hydrogen-bond donors (Lipinski definition) is 1. The minimum absolute atomic E-state index is 0.369. The highest BCUT2D eigenvalue weighted by atomic mass is 14.9. The summed E-state index contributed by atoms with van der Waals surface area (Å²) < 4.78 is 0. The minimum Gasteiger partial charge on any atom is -0.309 e. The van der Waals surface area contributed by atoms with Crippen LogP contribution in [0.3, 0.4) is 0 Å². The second kappa shape index (κ2) is 7.90. The fraction of sp³-hybridized carbons (Fsp3) is 0.350. The molecule has 1 N–H and O–H groups in total. The summed E-state index contributed by atoms with van der Waals surface area (Å²) in [5.74, 6) is 0.578. The number of rotatable bonds is 6. The SMILES string of the molecule is C1=CC(C(NCCc2ccccc2)c2cccnc2)CCC1. The van der Waals surface area contributed by atoms with Gasteiger partial charge >= 0.3 is 0 Å². The lowest BCUT2D eigenvalue weighted by atomic mass is 9.86. The Labute approximate surface area is 133 Å². The standard InChI is InChI=1S/C20H24N2/c1-3-8-17(9-4-1)13-15-22-20(18-10-5-2-6-11-18)19-12-7-14-21-16-19/h1,3-5,7-10,12,14,16,18,20,22H,2,6,11,13,15H2. The molecule has 0 saturated carbocycles. The van der Waals surface area contributed by atoms with Crippen molar-refractivity contribution in [2.24, 2.45) is 5.92 Å². The average molecular weight is 292 g/mol. The van der Waals surface area contributed by atoms with Gasteiger partial charge in [0.2, 0.25) is 0 Å². The molecule has 1 heterocycles. The number of pyridine rings is 1. The first-order valence-corrected chi connectivity index (χ1v) is 8.27. The highest BCUT2D eigenvalue weighted by Gasteiger charge is 2.21. The molecule has 1 aromatic heterocycles. The molecule has 0 saturated heterocycles. The van der Waals surface area contributed by atoms with E-state index in [2.05, 4.69) is 58.9 Å². The van der Waals surface area contributed by atoms with Gasteiger partial charge < -0.3 is 5.32 Å². The molecule has 2 atom stereocenters. The van der Waals surface area contributed by atoms with E-state index in [4.69, 9.17) is 0 Å². The van der Waals surface area contributed by atoms with Crippen molar-refractivity contribution >= 4 is 0 Å². The molecule has 2 aromatic rings. The fourth-order valence-electron chi connectivity index (χ4n) is 3.21. The van der Waals surface area contributed by atoms with E-state index in [9.17, 15) is 0 Å². The van der Waals surface area contributed by atoms with Crippen molar-refractivity contribution in [1.29, 1.82) is 0 Å². The molecule has 1 aromatic carbocycles. The molecule has 2 nitrogen and oxygen atoms in total. The van der Waals surface area contributed by atoms with Crippen LogP contribution in [0.1, 0.15) is 36.4 Å². The summed E-state index contributed by atoms with van der Waals surface area (Å²) in [7, 11) is 0. The molecule has 114 valence electrons. The summed E-state index contributed by atoms with van der Waals surface area (Å²) in [5.41, 5.74) is 2.69. The first kappa shape index (κ1) is 15.0. The molecule has 1 aliphatic rings.